The molecule has 1 aromatic carbocycles. The Morgan fingerprint density at radius 1 is 1.32 bits per heavy atom. The number of aromatic nitrogens is 2. The smallest absolute Gasteiger partial charge is 0.0863 e. The third-order valence-electron chi connectivity index (χ3n) is 3.55. The molecule has 1 unspecified atom stereocenters. The van der Waals surface area contributed by atoms with E-state index in [-0.39, 0.29) is 0 Å². The van der Waals surface area contributed by atoms with E-state index in [0.717, 1.165) is 17.7 Å². The Balaban J connectivity index is 2.25. The first kappa shape index (κ1) is 13.8. The first-order chi connectivity index (χ1) is 9.01. The summed E-state index contributed by atoms with van der Waals surface area (Å²) >= 11 is 0. The number of hydrogen-bond donors (Lipinski definition) is 1. The fraction of sp³-hybridized carbons (Fsp3) is 0.438. The Bertz CT molecular complexity index is 572. The van der Waals surface area contributed by atoms with E-state index in [2.05, 4.69) is 44.1 Å². The molecule has 1 atom stereocenters. The summed E-state index contributed by atoms with van der Waals surface area (Å²) < 4.78 is 1.78. The highest BCUT2D eigenvalue weighted by molar-refractivity contribution is 5.32. The van der Waals surface area contributed by atoms with Crippen LogP contribution in [0.2, 0.25) is 0 Å². The van der Waals surface area contributed by atoms with Gasteiger partial charge in [-0.1, -0.05) is 30.7 Å². The van der Waals surface area contributed by atoms with Gasteiger partial charge in [-0.25, -0.2) is 0 Å². The minimum Gasteiger partial charge on any atom is -0.388 e. The predicted octanol–water partition coefficient (Wildman–Crippen LogP) is 2.88. The molecule has 1 aromatic heterocycles. The van der Waals surface area contributed by atoms with Crippen molar-refractivity contribution in [3.8, 4) is 0 Å². The van der Waals surface area contributed by atoms with Gasteiger partial charge >= 0.3 is 0 Å². The van der Waals surface area contributed by atoms with E-state index < -0.39 is 6.10 Å². The van der Waals surface area contributed by atoms with Crippen LogP contribution < -0.4 is 0 Å². The molecule has 19 heavy (non-hydrogen) atoms. The molecule has 1 heterocycles. The van der Waals surface area contributed by atoms with Crippen LogP contribution in [0.3, 0.4) is 0 Å². The summed E-state index contributed by atoms with van der Waals surface area (Å²) in [5.41, 5.74) is 5.60. The molecule has 3 heteroatoms. The van der Waals surface area contributed by atoms with Crippen molar-refractivity contribution in [3.05, 3.63) is 52.3 Å². The fourth-order valence-electron chi connectivity index (χ4n) is 2.44. The SMILES string of the molecule is CCc1nn(C)cc1C(O)Cc1cc(C)ccc1C. The van der Waals surface area contributed by atoms with Gasteiger partial charge in [-0.15, -0.1) is 0 Å². The predicted molar refractivity (Wildman–Crippen MR) is 77.2 cm³/mol. The number of aryl methyl sites for hydroxylation is 4. The largest absolute Gasteiger partial charge is 0.388 e. The zero-order chi connectivity index (χ0) is 14.0. The average Bonchev–Trinajstić information content (AvgIpc) is 2.75. The molecule has 0 aliphatic rings. The van der Waals surface area contributed by atoms with Crippen LogP contribution in [-0.2, 0) is 19.9 Å². The van der Waals surface area contributed by atoms with Crippen LogP contribution in [0.15, 0.2) is 24.4 Å². The van der Waals surface area contributed by atoms with Gasteiger partial charge in [-0.3, -0.25) is 4.68 Å². The standard InChI is InChI=1S/C16H22N2O/c1-5-15-14(10-18(4)17-15)16(19)9-13-8-11(2)6-7-12(13)3/h6-8,10,16,19H,5,9H2,1-4H3. The van der Waals surface area contributed by atoms with E-state index in [1.165, 1.54) is 16.7 Å². The molecular weight excluding hydrogens is 236 g/mol. The van der Waals surface area contributed by atoms with Crippen LogP contribution in [0.4, 0.5) is 0 Å². The van der Waals surface area contributed by atoms with Crippen molar-refractivity contribution in [1.29, 1.82) is 0 Å². The van der Waals surface area contributed by atoms with Crippen LogP contribution >= 0.6 is 0 Å². The minimum absolute atomic E-state index is 0.482. The lowest BCUT2D eigenvalue weighted by Gasteiger charge is -2.13. The van der Waals surface area contributed by atoms with Crippen LogP contribution in [0.25, 0.3) is 0 Å². The van der Waals surface area contributed by atoms with Gasteiger partial charge in [0.1, 0.15) is 0 Å². The van der Waals surface area contributed by atoms with Gasteiger partial charge in [0, 0.05) is 25.2 Å². The number of rotatable bonds is 4. The van der Waals surface area contributed by atoms with Gasteiger partial charge in [-0.05, 0) is 31.4 Å². The molecule has 0 aliphatic carbocycles. The normalized spacial score (nSPS) is 12.7. The zero-order valence-electron chi connectivity index (χ0n) is 12.1. The van der Waals surface area contributed by atoms with Crippen molar-refractivity contribution in [2.24, 2.45) is 7.05 Å². The topological polar surface area (TPSA) is 38.0 Å². The van der Waals surface area contributed by atoms with Crippen LogP contribution in [0, 0.1) is 13.8 Å². The highest BCUT2D eigenvalue weighted by Gasteiger charge is 2.16. The first-order valence-corrected chi connectivity index (χ1v) is 6.78. The van der Waals surface area contributed by atoms with Gasteiger partial charge in [0.25, 0.3) is 0 Å². The highest BCUT2D eigenvalue weighted by atomic mass is 16.3. The van der Waals surface area contributed by atoms with Gasteiger partial charge in [0.05, 0.1) is 11.8 Å². The molecule has 102 valence electrons. The summed E-state index contributed by atoms with van der Waals surface area (Å²) in [6, 6.07) is 6.37. The van der Waals surface area contributed by atoms with E-state index in [1.807, 2.05) is 13.2 Å². The second-order valence-electron chi connectivity index (χ2n) is 5.21. The Hall–Kier alpha value is -1.61. The molecule has 0 saturated carbocycles. The molecule has 0 bridgehead atoms. The van der Waals surface area contributed by atoms with E-state index in [9.17, 15) is 5.11 Å². The maximum Gasteiger partial charge on any atom is 0.0863 e. The van der Waals surface area contributed by atoms with Crippen LogP contribution in [-0.4, -0.2) is 14.9 Å². The maximum absolute atomic E-state index is 10.5. The summed E-state index contributed by atoms with van der Waals surface area (Å²) in [6.45, 7) is 6.23. The van der Waals surface area contributed by atoms with Crippen molar-refractivity contribution >= 4 is 0 Å². The van der Waals surface area contributed by atoms with Crippen molar-refractivity contribution in [2.45, 2.75) is 39.7 Å². The lowest BCUT2D eigenvalue weighted by Crippen LogP contribution is -2.05. The van der Waals surface area contributed by atoms with Crippen molar-refractivity contribution in [3.63, 3.8) is 0 Å². The molecule has 1 N–H and O–H groups in total. The monoisotopic (exact) mass is 258 g/mol. The Labute approximate surface area is 114 Å². The van der Waals surface area contributed by atoms with Crippen LogP contribution in [0.1, 0.15) is 41.0 Å². The van der Waals surface area contributed by atoms with Gasteiger partial charge in [0.2, 0.25) is 0 Å². The number of aliphatic hydroxyl groups excluding tert-OH is 1. The summed E-state index contributed by atoms with van der Waals surface area (Å²) in [5, 5.41) is 14.8. The summed E-state index contributed by atoms with van der Waals surface area (Å²) in [6.07, 6.45) is 2.94. The lowest BCUT2D eigenvalue weighted by atomic mass is 9.96. The zero-order valence-corrected chi connectivity index (χ0v) is 12.1. The second kappa shape index (κ2) is 5.57. The molecule has 0 saturated heterocycles. The van der Waals surface area contributed by atoms with Gasteiger partial charge in [0.15, 0.2) is 0 Å². The van der Waals surface area contributed by atoms with E-state index in [1.54, 1.807) is 4.68 Å². The van der Waals surface area contributed by atoms with Crippen LogP contribution in [0.5, 0.6) is 0 Å². The van der Waals surface area contributed by atoms with E-state index in [4.69, 9.17) is 0 Å². The third-order valence-corrected chi connectivity index (χ3v) is 3.55. The summed E-state index contributed by atoms with van der Waals surface area (Å²) in [7, 11) is 1.90. The molecule has 3 nitrogen and oxygen atoms in total. The van der Waals surface area contributed by atoms with E-state index in [0.29, 0.717) is 6.42 Å². The molecule has 0 fully saturated rings. The van der Waals surface area contributed by atoms with Crippen molar-refractivity contribution in [2.75, 3.05) is 0 Å². The number of nitrogens with zero attached hydrogens (tertiary/aromatic N) is 2. The summed E-state index contributed by atoms with van der Waals surface area (Å²) in [5.74, 6) is 0. The molecule has 0 spiro atoms. The third kappa shape index (κ3) is 3.04. The molecule has 0 radical (unpaired) electrons. The summed E-state index contributed by atoms with van der Waals surface area (Å²) in [4.78, 5) is 0. The Morgan fingerprint density at radius 2 is 2.05 bits per heavy atom. The van der Waals surface area contributed by atoms with Gasteiger partial charge in [-0.2, -0.15) is 5.10 Å². The lowest BCUT2D eigenvalue weighted by molar-refractivity contribution is 0.177. The van der Waals surface area contributed by atoms with E-state index >= 15 is 0 Å². The minimum atomic E-state index is -0.482. The quantitative estimate of drug-likeness (QED) is 0.915. The number of hydrogen-bond acceptors (Lipinski definition) is 2. The number of benzene rings is 1. The molecule has 0 amide bonds. The van der Waals surface area contributed by atoms with Gasteiger partial charge < -0.3 is 5.11 Å². The highest BCUT2D eigenvalue weighted by Crippen LogP contribution is 2.23. The van der Waals surface area contributed by atoms with Crippen molar-refractivity contribution < 1.29 is 5.11 Å². The molecule has 0 aliphatic heterocycles. The Morgan fingerprint density at radius 3 is 2.74 bits per heavy atom. The maximum atomic E-state index is 10.5. The number of aliphatic hydroxyl groups is 1. The first-order valence-electron chi connectivity index (χ1n) is 6.78. The Kier molecular flexibility index (Phi) is 4.05. The fourth-order valence-corrected chi connectivity index (χ4v) is 2.44. The second-order valence-corrected chi connectivity index (χ2v) is 5.21. The molecular formula is C16H22N2O. The van der Waals surface area contributed by atoms with Crippen molar-refractivity contribution in [1.82, 2.24) is 9.78 Å². The molecule has 2 rings (SSSR count). The molecule has 2 aromatic rings. The average molecular weight is 258 g/mol.